The number of nitrogens with two attached hydrogens (primary N) is 3. The zero-order valence-electron chi connectivity index (χ0n) is 34.6. The molecule has 0 unspecified atom stereocenters. The van der Waals surface area contributed by atoms with Crippen LogP contribution in [0.1, 0.15) is 141 Å². The molecule has 0 radical (unpaired) electrons. The number of likely N-dealkylation sites (N-methyl/N-ethyl adjacent to an activating group) is 1. The number of pyridine rings is 1. The Morgan fingerprint density at radius 3 is 2.09 bits per heavy atom. The van der Waals surface area contributed by atoms with Crippen LogP contribution in [0.4, 0.5) is 0 Å². The second-order valence-corrected chi connectivity index (χ2v) is 16.9. The van der Waals surface area contributed by atoms with Gasteiger partial charge in [-0.15, -0.1) is 0 Å². The first-order valence-electron chi connectivity index (χ1n) is 22.0. The third-order valence-electron chi connectivity index (χ3n) is 12.6. The van der Waals surface area contributed by atoms with Gasteiger partial charge in [0.2, 0.25) is 17.7 Å². The molecule has 1 aliphatic heterocycles. The van der Waals surface area contributed by atoms with Crippen LogP contribution in [-0.2, 0) is 27.3 Å². The Labute approximate surface area is 344 Å². The Morgan fingerprint density at radius 2 is 1.45 bits per heavy atom. The smallest absolute Gasteiger partial charge is 0.245 e. The van der Waals surface area contributed by atoms with Crippen LogP contribution < -0.4 is 33.2 Å². The standard InChI is InChI=1S/C45H68N8O5/c1-49-37(28-32-18-9-4-10-19-32)44(57)52-36(20-11-12-23-46)45(58)53-25-13-21-38(53)42(55)39-33(29-51-43(56)35(48)27-31-16-7-3-8-17-31)22-24-50-40(39)41(54)34(47)26-30-14-5-2-6-15-30/h4,9-10,18-19,22,24,30-31,34-38,49H,2-3,5-8,11-17,20-21,23,25-29,46-48H2,1H3,(H,51,56)(H,52,57)/t34-,35+,36+,37+,38+/m1/s1. The third-order valence-corrected chi connectivity index (χ3v) is 12.6. The molecule has 13 heteroatoms. The summed E-state index contributed by atoms with van der Waals surface area (Å²) in [4.78, 5) is 76.7. The topological polar surface area (TPSA) is 216 Å². The van der Waals surface area contributed by atoms with Crippen molar-refractivity contribution < 1.29 is 24.0 Å². The first-order valence-corrected chi connectivity index (χ1v) is 22.0. The van der Waals surface area contributed by atoms with E-state index in [-0.39, 0.29) is 35.5 Å². The van der Waals surface area contributed by atoms with Gasteiger partial charge in [-0.05, 0) is 94.0 Å². The molecule has 58 heavy (non-hydrogen) atoms. The molecule has 2 aliphatic carbocycles. The first kappa shape index (κ1) is 45.1. The maximum absolute atomic E-state index is 14.9. The van der Waals surface area contributed by atoms with Gasteiger partial charge >= 0.3 is 0 Å². The van der Waals surface area contributed by atoms with Crippen molar-refractivity contribution in [3.05, 3.63) is 65.0 Å². The molecule has 0 spiro atoms. The van der Waals surface area contributed by atoms with Crippen molar-refractivity contribution in [3.63, 3.8) is 0 Å². The number of aromatic nitrogens is 1. The molecule has 1 aromatic carbocycles. The minimum atomic E-state index is -0.904. The van der Waals surface area contributed by atoms with Gasteiger partial charge in [0.25, 0.3) is 0 Å². The van der Waals surface area contributed by atoms with Crippen LogP contribution >= 0.6 is 0 Å². The summed E-state index contributed by atoms with van der Waals surface area (Å²) in [5, 5.41) is 9.03. The third kappa shape index (κ3) is 12.5. The molecule has 1 aromatic heterocycles. The summed E-state index contributed by atoms with van der Waals surface area (Å²) in [7, 11) is 1.71. The summed E-state index contributed by atoms with van der Waals surface area (Å²) in [6, 6.07) is 7.38. The van der Waals surface area contributed by atoms with Crippen molar-refractivity contribution in [1.29, 1.82) is 0 Å². The molecule has 3 fully saturated rings. The van der Waals surface area contributed by atoms with E-state index in [2.05, 4.69) is 20.9 Å². The zero-order valence-corrected chi connectivity index (χ0v) is 34.6. The van der Waals surface area contributed by atoms with Crippen LogP contribution in [0.15, 0.2) is 42.6 Å². The number of rotatable bonds is 21. The summed E-state index contributed by atoms with van der Waals surface area (Å²) < 4.78 is 0. The van der Waals surface area contributed by atoms with Gasteiger partial charge in [-0.2, -0.15) is 0 Å². The van der Waals surface area contributed by atoms with Gasteiger partial charge in [0.15, 0.2) is 11.6 Å². The van der Waals surface area contributed by atoms with Gasteiger partial charge in [0, 0.05) is 19.3 Å². The fourth-order valence-corrected chi connectivity index (χ4v) is 9.25. The molecule has 5 atom stereocenters. The average molecular weight is 801 g/mol. The Hall–Kier alpha value is -4.04. The van der Waals surface area contributed by atoms with E-state index >= 15 is 0 Å². The fourth-order valence-electron chi connectivity index (χ4n) is 9.25. The van der Waals surface area contributed by atoms with Crippen molar-refractivity contribution in [3.8, 4) is 0 Å². The lowest BCUT2D eigenvalue weighted by atomic mass is 9.83. The molecule has 0 bridgehead atoms. The zero-order chi connectivity index (χ0) is 41.4. The number of hydrogen-bond acceptors (Lipinski definition) is 10. The molecule has 2 aromatic rings. The summed E-state index contributed by atoms with van der Waals surface area (Å²) >= 11 is 0. The van der Waals surface area contributed by atoms with E-state index < -0.39 is 41.8 Å². The number of nitrogens with zero attached hydrogens (tertiary/aromatic N) is 2. The normalized spacial score (nSPS) is 19.9. The Bertz CT molecular complexity index is 1660. The number of nitrogens with one attached hydrogen (secondary N) is 3. The van der Waals surface area contributed by atoms with E-state index in [1.165, 1.54) is 19.0 Å². The highest BCUT2D eigenvalue weighted by Crippen LogP contribution is 2.30. The van der Waals surface area contributed by atoms with Crippen molar-refractivity contribution in [2.45, 2.75) is 152 Å². The lowest BCUT2D eigenvalue weighted by molar-refractivity contribution is -0.137. The maximum Gasteiger partial charge on any atom is 0.245 e. The highest BCUT2D eigenvalue weighted by atomic mass is 16.2. The molecule has 1 saturated heterocycles. The Morgan fingerprint density at radius 1 is 0.793 bits per heavy atom. The van der Waals surface area contributed by atoms with Crippen molar-refractivity contribution in [2.75, 3.05) is 20.1 Å². The van der Waals surface area contributed by atoms with E-state index in [0.29, 0.717) is 81.9 Å². The molecular formula is C45H68N8O5. The second-order valence-electron chi connectivity index (χ2n) is 16.9. The lowest BCUT2D eigenvalue weighted by Gasteiger charge is -2.30. The maximum atomic E-state index is 14.9. The summed E-state index contributed by atoms with van der Waals surface area (Å²) in [6.45, 7) is 0.716. The van der Waals surface area contributed by atoms with Gasteiger partial charge in [-0.1, -0.05) is 94.5 Å². The number of unbranched alkanes of at least 4 members (excludes halogenated alkanes) is 1. The van der Waals surface area contributed by atoms with Gasteiger partial charge in [-0.25, -0.2) is 0 Å². The minimum Gasteiger partial charge on any atom is -0.351 e. The van der Waals surface area contributed by atoms with Crippen LogP contribution in [-0.4, -0.2) is 89.5 Å². The van der Waals surface area contributed by atoms with Crippen LogP contribution in [0.25, 0.3) is 0 Å². The minimum absolute atomic E-state index is 0.0311. The lowest BCUT2D eigenvalue weighted by Crippen LogP contribution is -2.55. The quantitative estimate of drug-likeness (QED) is 0.0786. The molecule has 5 rings (SSSR count). The van der Waals surface area contributed by atoms with Crippen LogP contribution in [0.3, 0.4) is 0 Å². The predicted molar refractivity (Wildman–Crippen MR) is 226 cm³/mol. The van der Waals surface area contributed by atoms with Gasteiger partial charge < -0.3 is 38.1 Å². The largest absolute Gasteiger partial charge is 0.351 e. The number of carbonyl (C=O) groups excluding carboxylic acids is 5. The summed E-state index contributed by atoms with van der Waals surface area (Å²) in [5.41, 5.74) is 20.3. The van der Waals surface area contributed by atoms with Crippen LogP contribution in [0, 0.1) is 11.8 Å². The van der Waals surface area contributed by atoms with Gasteiger partial charge in [0.1, 0.15) is 11.7 Å². The SMILES string of the molecule is CN[C@@H](Cc1ccccc1)C(=O)N[C@@H](CCCCN)C(=O)N1CCC[C@H]1C(=O)c1c(CNC(=O)[C@@H](N)CC2CCCCC2)ccnc1C(=O)[C@H](N)CC1CCCCC1. The number of carbonyl (C=O) groups is 5. The second kappa shape index (κ2) is 22.9. The number of amides is 3. The number of Topliss-reactive ketones (excluding diaryl/α,β-unsaturated/α-hetero) is 2. The van der Waals surface area contributed by atoms with Crippen LogP contribution in [0.2, 0.25) is 0 Å². The molecular weight excluding hydrogens is 733 g/mol. The molecule has 3 aliphatic rings. The van der Waals surface area contributed by atoms with E-state index in [4.69, 9.17) is 17.2 Å². The Balaban J connectivity index is 1.39. The molecule has 9 N–H and O–H groups in total. The van der Waals surface area contributed by atoms with Crippen molar-refractivity contribution in [1.82, 2.24) is 25.8 Å². The highest BCUT2D eigenvalue weighted by Gasteiger charge is 2.41. The monoisotopic (exact) mass is 801 g/mol. The van der Waals surface area contributed by atoms with Crippen molar-refractivity contribution >= 4 is 29.3 Å². The van der Waals surface area contributed by atoms with Crippen LogP contribution in [0.5, 0.6) is 0 Å². The molecule has 2 saturated carbocycles. The van der Waals surface area contributed by atoms with E-state index in [9.17, 15) is 24.0 Å². The molecule has 3 amide bonds. The fraction of sp³-hybridized carbons (Fsp3) is 0.644. The van der Waals surface area contributed by atoms with Gasteiger partial charge in [-0.3, -0.25) is 29.0 Å². The molecule has 2 heterocycles. The molecule has 318 valence electrons. The first-order chi connectivity index (χ1) is 28.1. The predicted octanol–water partition coefficient (Wildman–Crippen LogP) is 4.09. The number of ketones is 2. The van der Waals surface area contributed by atoms with E-state index in [0.717, 1.165) is 56.9 Å². The average Bonchev–Trinajstić information content (AvgIpc) is 3.75. The summed E-state index contributed by atoms with van der Waals surface area (Å²) in [5.74, 6) is -1.10. The highest BCUT2D eigenvalue weighted by molar-refractivity contribution is 6.12. The number of likely N-dealkylation sites (tertiary alicyclic amines) is 1. The van der Waals surface area contributed by atoms with E-state index in [1.54, 1.807) is 18.0 Å². The molecule has 13 nitrogen and oxygen atoms in total. The number of benzene rings is 1. The van der Waals surface area contributed by atoms with E-state index in [1.807, 2.05) is 30.3 Å². The summed E-state index contributed by atoms with van der Waals surface area (Å²) in [6.07, 6.45) is 16.6. The number of hydrogen-bond donors (Lipinski definition) is 6. The van der Waals surface area contributed by atoms with Gasteiger partial charge in [0.05, 0.1) is 29.7 Å². The van der Waals surface area contributed by atoms with Crippen molar-refractivity contribution in [2.24, 2.45) is 29.0 Å². The Kier molecular flexibility index (Phi) is 17.8.